The molecule has 18 nitrogen and oxygen atoms in total. The van der Waals surface area contributed by atoms with E-state index in [0.29, 0.717) is 0 Å². The Morgan fingerprint density at radius 1 is 1.19 bits per heavy atom. The Morgan fingerprint density at radius 3 is 2.36 bits per heavy atom. The molecule has 0 amide bonds. The number of rotatable bonds is 8. The molecule has 8 N–H and O–H groups in total. The highest BCUT2D eigenvalue weighted by molar-refractivity contribution is 7.66. The van der Waals surface area contributed by atoms with Gasteiger partial charge in [-0.2, -0.15) is 19.0 Å². The zero-order valence-electron chi connectivity index (χ0n) is 17.4. The van der Waals surface area contributed by atoms with Gasteiger partial charge in [-0.1, -0.05) is 5.46 Å². The molecule has 2 aromatic rings. The molecule has 0 bridgehead atoms. The average molecular weight is 561 g/mol. The minimum absolute atomic E-state index is 0.00381. The molecule has 6 atom stereocenters. The largest absolute Gasteiger partial charge is 0.490 e. The first kappa shape index (κ1) is 29.0. The SMILES string of the molecule is [B]c1cc([C@]2(C#N)OC(C([B])([B])OP(=O)(O)OP(=O)(O)OP(=O)(O)O)[C@@H](O)[C@H]2O)n2ncnc(N)c12. The van der Waals surface area contributed by atoms with E-state index in [0.717, 1.165) is 16.9 Å². The molecular weight excluding hydrogens is 548 g/mol. The number of aliphatic hydroxyl groups is 2. The number of phosphoric ester groups is 1. The quantitative estimate of drug-likeness (QED) is 0.121. The van der Waals surface area contributed by atoms with Crippen LogP contribution >= 0.6 is 23.5 Å². The Hall–Kier alpha value is -1.61. The number of nitrogens with zero attached hydrogens (tertiary/aromatic N) is 4. The second-order valence-corrected chi connectivity index (χ2v) is 11.6. The maximum atomic E-state index is 12.2. The predicted octanol–water partition coefficient (Wildman–Crippen LogP) is -3.72. The minimum Gasteiger partial charge on any atom is -0.387 e. The Morgan fingerprint density at radius 2 is 1.81 bits per heavy atom. The fourth-order valence-electron chi connectivity index (χ4n) is 3.38. The lowest BCUT2D eigenvalue weighted by Gasteiger charge is -2.35. The van der Waals surface area contributed by atoms with Gasteiger partial charge in [0.2, 0.25) is 5.60 Å². The van der Waals surface area contributed by atoms with Crippen LogP contribution in [0.1, 0.15) is 5.69 Å². The molecule has 3 rings (SSSR count). The Bertz CT molecular complexity index is 1380. The average Bonchev–Trinajstić information content (AvgIpc) is 3.15. The summed E-state index contributed by atoms with van der Waals surface area (Å²) in [7, 11) is -0.505. The van der Waals surface area contributed by atoms with Crippen molar-refractivity contribution in [3.05, 3.63) is 18.1 Å². The van der Waals surface area contributed by atoms with E-state index in [-0.39, 0.29) is 22.5 Å². The Balaban J connectivity index is 1.96. The van der Waals surface area contributed by atoms with Crippen LogP contribution in [0.2, 0.25) is 0 Å². The lowest BCUT2D eigenvalue weighted by molar-refractivity contribution is -0.0823. The summed E-state index contributed by atoms with van der Waals surface area (Å²) in [6.07, 6.45) is -5.71. The molecule has 0 saturated carbocycles. The maximum Gasteiger partial charge on any atom is 0.490 e. The third-order valence-corrected chi connectivity index (χ3v) is 8.53. The third-order valence-electron chi connectivity index (χ3n) is 4.66. The number of nitrogen functional groups attached to an aromatic ring is 1. The fourth-order valence-corrected chi connectivity index (χ4v) is 6.52. The molecule has 1 saturated heterocycles. The van der Waals surface area contributed by atoms with Crippen molar-refractivity contribution in [2.24, 2.45) is 0 Å². The number of hydrogen-bond donors (Lipinski definition) is 7. The van der Waals surface area contributed by atoms with E-state index in [2.05, 4.69) is 23.2 Å². The van der Waals surface area contributed by atoms with E-state index in [1.165, 1.54) is 0 Å². The second-order valence-electron chi connectivity index (χ2n) is 7.25. The first-order valence-corrected chi connectivity index (χ1v) is 13.5. The van der Waals surface area contributed by atoms with Gasteiger partial charge in [-0.3, -0.25) is 4.52 Å². The van der Waals surface area contributed by atoms with Gasteiger partial charge in [0.05, 0.1) is 5.69 Å². The first-order valence-electron chi connectivity index (χ1n) is 9.01. The van der Waals surface area contributed by atoms with Gasteiger partial charge in [-0.15, -0.1) is 0 Å². The van der Waals surface area contributed by atoms with Crippen LogP contribution in [0.15, 0.2) is 12.4 Å². The van der Waals surface area contributed by atoms with Crippen LogP contribution in [-0.2, 0) is 37.2 Å². The van der Waals surface area contributed by atoms with Crippen LogP contribution in [0.4, 0.5) is 5.82 Å². The maximum absolute atomic E-state index is 12.2. The smallest absolute Gasteiger partial charge is 0.387 e. The number of phosphoric acid groups is 3. The number of anilines is 1. The van der Waals surface area contributed by atoms with Gasteiger partial charge < -0.3 is 40.3 Å². The summed E-state index contributed by atoms with van der Waals surface area (Å²) in [5, 5.41) is 31.8. The molecule has 3 heterocycles. The summed E-state index contributed by atoms with van der Waals surface area (Å²) >= 11 is 0. The Labute approximate surface area is 204 Å². The van der Waals surface area contributed by atoms with E-state index < -0.39 is 52.8 Å². The van der Waals surface area contributed by atoms with Gasteiger partial charge in [0.25, 0.3) is 0 Å². The minimum atomic E-state index is -5.95. The van der Waals surface area contributed by atoms with Gasteiger partial charge in [0.15, 0.2) is 5.82 Å². The molecule has 1 fully saturated rings. The van der Waals surface area contributed by atoms with Crippen molar-refractivity contribution in [1.82, 2.24) is 14.6 Å². The summed E-state index contributed by atoms with van der Waals surface area (Å²) in [6.45, 7) is 0. The normalized spacial score (nSPS) is 28.4. The van der Waals surface area contributed by atoms with Crippen molar-refractivity contribution in [2.45, 2.75) is 29.3 Å². The van der Waals surface area contributed by atoms with Gasteiger partial charge in [-0.25, -0.2) is 23.2 Å². The van der Waals surface area contributed by atoms with E-state index in [9.17, 15) is 39.0 Å². The van der Waals surface area contributed by atoms with Gasteiger partial charge in [0, 0.05) is 5.40 Å². The van der Waals surface area contributed by atoms with Crippen molar-refractivity contribution in [3.63, 3.8) is 0 Å². The number of nitriles is 1. The molecule has 188 valence electrons. The number of aromatic nitrogens is 3. The van der Waals surface area contributed by atoms with Gasteiger partial charge in [0.1, 0.15) is 59.8 Å². The summed E-state index contributed by atoms with van der Waals surface area (Å²) in [6, 6.07) is 2.69. The number of nitrogens with two attached hydrogens (primary N) is 1. The number of aliphatic hydroxyl groups excluding tert-OH is 2. The highest BCUT2D eigenvalue weighted by atomic mass is 31.3. The first-order chi connectivity index (χ1) is 16.3. The van der Waals surface area contributed by atoms with Crippen LogP contribution in [-0.4, -0.2) is 91.6 Å². The van der Waals surface area contributed by atoms with E-state index in [1.807, 2.05) is 0 Å². The summed E-state index contributed by atoms with van der Waals surface area (Å²) in [5.74, 6) is -0.133. The Kier molecular flexibility index (Phi) is 7.48. The van der Waals surface area contributed by atoms with Crippen LogP contribution in [0, 0.1) is 11.3 Å². The van der Waals surface area contributed by atoms with Crippen LogP contribution in [0.3, 0.4) is 0 Å². The molecule has 0 spiro atoms. The summed E-state index contributed by atoms with van der Waals surface area (Å²) in [5.41, 5.74) is 2.80. The molecule has 0 aromatic carbocycles. The van der Waals surface area contributed by atoms with Crippen molar-refractivity contribution in [2.75, 3.05) is 5.73 Å². The fraction of sp³-hybridized carbons (Fsp3) is 0.417. The molecule has 0 aliphatic carbocycles. The molecule has 1 aliphatic rings. The van der Waals surface area contributed by atoms with Gasteiger partial charge in [-0.05, 0) is 6.07 Å². The molecule has 1 aliphatic heterocycles. The molecular formula is C12H13B3N5O13P3. The van der Waals surface area contributed by atoms with Crippen LogP contribution in [0.5, 0.6) is 0 Å². The van der Waals surface area contributed by atoms with E-state index >= 15 is 0 Å². The van der Waals surface area contributed by atoms with E-state index in [4.69, 9.17) is 43.8 Å². The molecule has 3 unspecified atom stereocenters. The highest BCUT2D eigenvalue weighted by Gasteiger charge is 2.62. The number of ether oxygens (including phenoxy) is 1. The topological polar surface area (TPSA) is 290 Å². The van der Waals surface area contributed by atoms with Crippen LogP contribution in [0.25, 0.3) is 5.52 Å². The van der Waals surface area contributed by atoms with Crippen molar-refractivity contribution in [3.8, 4) is 6.07 Å². The van der Waals surface area contributed by atoms with Crippen molar-refractivity contribution < 1.29 is 61.4 Å². The number of fused-ring (bicyclic) bond motifs is 1. The zero-order valence-corrected chi connectivity index (χ0v) is 20.1. The van der Waals surface area contributed by atoms with Crippen LogP contribution < -0.4 is 11.2 Å². The molecule has 36 heavy (non-hydrogen) atoms. The third kappa shape index (κ3) is 5.47. The molecule has 24 heteroatoms. The molecule has 2 aromatic heterocycles. The van der Waals surface area contributed by atoms with Crippen molar-refractivity contribution >= 4 is 63.8 Å². The lowest BCUT2D eigenvalue weighted by atomic mass is 9.61. The summed E-state index contributed by atoms with van der Waals surface area (Å²) < 4.78 is 52.2. The predicted molar refractivity (Wildman–Crippen MR) is 116 cm³/mol. The molecule has 6 radical (unpaired) electrons. The summed E-state index contributed by atoms with van der Waals surface area (Å²) in [4.78, 5) is 39.9. The van der Waals surface area contributed by atoms with E-state index in [1.54, 1.807) is 6.07 Å². The standard InChI is InChI=1S/C12H13B3N5O13P3/c13-4-1-5(20-6(4)10(17)18-3-19-20)11(2-16)8(22)7(21)9(30-11)12(14,15)31-35(26,27)33-36(28,29)32-34(23,24)25/h1,3,7-9,21-22H,(H,26,27)(H,28,29)(H2,17,18,19)(H2,23,24,25)/t7-,8+,9?,11-/m0/s1. The number of hydrogen-bond acceptors (Lipinski definition) is 13. The highest BCUT2D eigenvalue weighted by Crippen LogP contribution is 2.67. The second kappa shape index (κ2) is 9.30. The lowest BCUT2D eigenvalue weighted by Crippen LogP contribution is -2.51. The van der Waals surface area contributed by atoms with Crippen molar-refractivity contribution in [1.29, 1.82) is 5.26 Å². The van der Waals surface area contributed by atoms with Gasteiger partial charge >= 0.3 is 23.5 Å². The zero-order chi connectivity index (χ0) is 27.5. The monoisotopic (exact) mass is 561 g/mol.